The summed E-state index contributed by atoms with van der Waals surface area (Å²) in [5.41, 5.74) is 2.98. The van der Waals surface area contributed by atoms with E-state index in [0.29, 0.717) is 11.4 Å². The van der Waals surface area contributed by atoms with Gasteiger partial charge in [-0.2, -0.15) is 5.10 Å². The van der Waals surface area contributed by atoms with Gasteiger partial charge in [-0.25, -0.2) is 10.4 Å². The maximum Gasteiger partial charge on any atom is 0.271 e. The number of carbonyl (C=O) groups excluding carboxylic acids is 1. The molecule has 0 saturated heterocycles. The molecule has 0 spiro atoms. The van der Waals surface area contributed by atoms with Crippen LogP contribution in [-0.2, 0) is 0 Å². The Bertz CT molecular complexity index is 476. The summed E-state index contributed by atoms with van der Waals surface area (Å²) in [5.74, 6) is 0.344. The first-order chi connectivity index (χ1) is 7.86. The summed E-state index contributed by atoms with van der Waals surface area (Å²) in [6.07, 6.45) is 4.74. The van der Waals surface area contributed by atoms with Crippen molar-refractivity contribution in [1.82, 2.24) is 15.4 Å². The second-order valence-corrected chi connectivity index (χ2v) is 3.04. The quantitative estimate of drug-likeness (QED) is 0.594. The molecule has 1 heterocycles. The summed E-state index contributed by atoms with van der Waals surface area (Å²) in [6, 6.07) is 8.88. The standard InChI is InChI=1S/C11H10N4O/c16-11(9-4-2-1-3-5-9)15-14-8-10-12-6-7-13-10/h1-8H,(H,12,13)(H,15,16)/b14-8-. The predicted octanol–water partition coefficient (Wildman–Crippen LogP) is 1.17. The van der Waals surface area contributed by atoms with Gasteiger partial charge in [0.25, 0.3) is 5.91 Å². The lowest BCUT2D eigenvalue weighted by atomic mass is 10.2. The first-order valence-corrected chi connectivity index (χ1v) is 4.74. The second-order valence-electron chi connectivity index (χ2n) is 3.04. The fourth-order valence-electron chi connectivity index (χ4n) is 1.15. The molecule has 5 nitrogen and oxygen atoms in total. The second kappa shape index (κ2) is 4.88. The minimum Gasteiger partial charge on any atom is -0.344 e. The Labute approximate surface area is 92.2 Å². The predicted molar refractivity (Wildman–Crippen MR) is 60.1 cm³/mol. The van der Waals surface area contributed by atoms with Crippen molar-refractivity contribution in [2.24, 2.45) is 5.10 Å². The van der Waals surface area contributed by atoms with Gasteiger partial charge in [0.05, 0.1) is 6.21 Å². The molecule has 1 amide bonds. The van der Waals surface area contributed by atoms with Crippen molar-refractivity contribution in [3.63, 3.8) is 0 Å². The molecule has 2 rings (SSSR count). The van der Waals surface area contributed by atoms with Crippen LogP contribution >= 0.6 is 0 Å². The van der Waals surface area contributed by atoms with Crippen LogP contribution in [0.15, 0.2) is 47.8 Å². The van der Waals surface area contributed by atoms with Gasteiger partial charge in [-0.3, -0.25) is 4.79 Å². The van der Waals surface area contributed by atoms with Crippen molar-refractivity contribution in [1.29, 1.82) is 0 Å². The number of nitrogens with zero attached hydrogens (tertiary/aromatic N) is 2. The van der Waals surface area contributed by atoms with Crippen LogP contribution in [0, 0.1) is 0 Å². The molecule has 0 atom stereocenters. The largest absolute Gasteiger partial charge is 0.344 e. The Kier molecular flexibility index (Phi) is 3.08. The zero-order valence-corrected chi connectivity index (χ0v) is 8.42. The summed E-state index contributed by atoms with van der Waals surface area (Å²) in [6.45, 7) is 0. The third kappa shape index (κ3) is 2.54. The van der Waals surface area contributed by atoms with Gasteiger partial charge in [-0.15, -0.1) is 0 Å². The summed E-state index contributed by atoms with van der Waals surface area (Å²) >= 11 is 0. The molecule has 1 aromatic carbocycles. The molecule has 0 saturated carbocycles. The van der Waals surface area contributed by atoms with E-state index in [1.54, 1.807) is 36.7 Å². The van der Waals surface area contributed by atoms with Crippen molar-refractivity contribution in [3.8, 4) is 0 Å². The number of H-pyrrole nitrogens is 1. The van der Waals surface area contributed by atoms with Crippen LogP contribution in [0.5, 0.6) is 0 Å². The molecule has 0 radical (unpaired) electrons. The first kappa shape index (κ1) is 10.1. The van der Waals surface area contributed by atoms with Crippen molar-refractivity contribution < 1.29 is 4.79 Å². The van der Waals surface area contributed by atoms with E-state index in [4.69, 9.17) is 0 Å². The molecule has 2 aromatic rings. The highest BCUT2D eigenvalue weighted by Crippen LogP contribution is 1.97. The van der Waals surface area contributed by atoms with Crippen LogP contribution in [0.1, 0.15) is 16.2 Å². The Morgan fingerprint density at radius 3 is 2.88 bits per heavy atom. The van der Waals surface area contributed by atoms with Crippen molar-refractivity contribution in [2.45, 2.75) is 0 Å². The molecule has 5 heteroatoms. The molecule has 0 aliphatic rings. The normalized spacial score (nSPS) is 10.5. The summed E-state index contributed by atoms with van der Waals surface area (Å²) in [4.78, 5) is 18.3. The molecule has 2 N–H and O–H groups in total. The number of benzene rings is 1. The van der Waals surface area contributed by atoms with E-state index in [2.05, 4.69) is 20.5 Å². The van der Waals surface area contributed by atoms with Gasteiger partial charge < -0.3 is 4.98 Å². The smallest absolute Gasteiger partial charge is 0.271 e. The van der Waals surface area contributed by atoms with E-state index >= 15 is 0 Å². The summed E-state index contributed by atoms with van der Waals surface area (Å²) < 4.78 is 0. The van der Waals surface area contributed by atoms with Gasteiger partial charge in [0, 0.05) is 18.0 Å². The van der Waals surface area contributed by atoms with E-state index in [1.165, 1.54) is 6.21 Å². The molecule has 0 bridgehead atoms. The lowest BCUT2D eigenvalue weighted by Crippen LogP contribution is -2.17. The van der Waals surface area contributed by atoms with E-state index in [0.717, 1.165) is 0 Å². The first-order valence-electron chi connectivity index (χ1n) is 4.74. The number of rotatable bonds is 3. The third-order valence-electron chi connectivity index (χ3n) is 1.91. The Hall–Kier alpha value is -2.43. The molecule has 0 unspecified atom stereocenters. The van der Waals surface area contributed by atoms with Gasteiger partial charge in [0.15, 0.2) is 0 Å². The van der Waals surface area contributed by atoms with E-state index in [1.807, 2.05) is 6.07 Å². The maximum absolute atomic E-state index is 11.5. The van der Waals surface area contributed by atoms with Crippen LogP contribution in [0.3, 0.4) is 0 Å². The molecule has 0 fully saturated rings. The fourth-order valence-corrected chi connectivity index (χ4v) is 1.15. The van der Waals surface area contributed by atoms with Crippen LogP contribution < -0.4 is 5.43 Å². The highest BCUT2D eigenvalue weighted by molar-refractivity contribution is 5.94. The lowest BCUT2D eigenvalue weighted by Gasteiger charge is -1.97. The van der Waals surface area contributed by atoms with Gasteiger partial charge in [-0.05, 0) is 12.1 Å². The summed E-state index contributed by atoms with van der Waals surface area (Å²) in [5, 5.41) is 3.77. The topological polar surface area (TPSA) is 70.1 Å². The van der Waals surface area contributed by atoms with E-state index < -0.39 is 0 Å². The number of hydrogen-bond donors (Lipinski definition) is 2. The number of aromatic nitrogens is 2. The number of amides is 1. The average Bonchev–Trinajstić information content (AvgIpc) is 2.83. The number of nitrogens with one attached hydrogen (secondary N) is 2. The van der Waals surface area contributed by atoms with Gasteiger partial charge in [-0.1, -0.05) is 18.2 Å². The van der Waals surface area contributed by atoms with Gasteiger partial charge >= 0.3 is 0 Å². The molecule has 16 heavy (non-hydrogen) atoms. The SMILES string of the molecule is O=C(N/N=C\c1ncc[nH]1)c1ccccc1. The van der Waals surface area contributed by atoms with Gasteiger partial charge in [0.2, 0.25) is 0 Å². The van der Waals surface area contributed by atoms with Crippen molar-refractivity contribution in [2.75, 3.05) is 0 Å². The molecule has 0 aliphatic heterocycles. The minimum absolute atomic E-state index is 0.247. The Balaban J connectivity index is 1.94. The van der Waals surface area contributed by atoms with Crippen LogP contribution in [0.2, 0.25) is 0 Å². The van der Waals surface area contributed by atoms with E-state index in [-0.39, 0.29) is 5.91 Å². The molecular weight excluding hydrogens is 204 g/mol. The molecule has 0 aliphatic carbocycles. The van der Waals surface area contributed by atoms with E-state index in [9.17, 15) is 4.79 Å². The van der Waals surface area contributed by atoms with Crippen LogP contribution in [0.4, 0.5) is 0 Å². The zero-order valence-electron chi connectivity index (χ0n) is 8.42. The highest BCUT2D eigenvalue weighted by Gasteiger charge is 2.01. The number of aromatic amines is 1. The Morgan fingerprint density at radius 1 is 1.38 bits per heavy atom. The molecule has 1 aromatic heterocycles. The zero-order chi connectivity index (χ0) is 11.2. The maximum atomic E-state index is 11.5. The van der Waals surface area contributed by atoms with Crippen molar-refractivity contribution in [3.05, 3.63) is 54.1 Å². The number of carbonyl (C=O) groups is 1. The highest BCUT2D eigenvalue weighted by atomic mass is 16.2. The average molecular weight is 214 g/mol. The monoisotopic (exact) mass is 214 g/mol. The fraction of sp³-hybridized carbons (Fsp3) is 0. The number of hydrazone groups is 1. The lowest BCUT2D eigenvalue weighted by molar-refractivity contribution is 0.0955. The molecule has 80 valence electrons. The van der Waals surface area contributed by atoms with Crippen LogP contribution in [-0.4, -0.2) is 22.1 Å². The van der Waals surface area contributed by atoms with Gasteiger partial charge in [0.1, 0.15) is 5.82 Å². The number of imidazole rings is 1. The molecular formula is C11H10N4O. The summed E-state index contributed by atoms with van der Waals surface area (Å²) in [7, 11) is 0. The number of hydrogen-bond acceptors (Lipinski definition) is 3. The third-order valence-corrected chi connectivity index (χ3v) is 1.91. The minimum atomic E-state index is -0.247. The van der Waals surface area contributed by atoms with Crippen molar-refractivity contribution >= 4 is 12.1 Å². The Morgan fingerprint density at radius 2 is 2.19 bits per heavy atom. The van der Waals surface area contributed by atoms with Crippen LogP contribution in [0.25, 0.3) is 0 Å².